The standard InChI is InChI=1S/C25H25N3O/c1-29-24-13-7-2-8-19(24)18-26-28-16-14-27(15-17-28)25-22-11-5-3-9-20(22)21-10-4-6-12-23(21)25/h2-13,18,25H,14-17H2,1H3. The third kappa shape index (κ3) is 3.30. The molecule has 0 N–H and O–H groups in total. The number of para-hydroxylation sites is 1. The number of ether oxygens (including phenoxy) is 1. The van der Waals surface area contributed by atoms with E-state index < -0.39 is 0 Å². The Morgan fingerprint density at radius 2 is 1.38 bits per heavy atom. The van der Waals surface area contributed by atoms with Crippen molar-refractivity contribution in [2.75, 3.05) is 33.3 Å². The summed E-state index contributed by atoms with van der Waals surface area (Å²) in [5.41, 5.74) is 6.63. The van der Waals surface area contributed by atoms with E-state index >= 15 is 0 Å². The van der Waals surface area contributed by atoms with Crippen molar-refractivity contribution < 1.29 is 4.74 Å². The van der Waals surface area contributed by atoms with E-state index in [1.54, 1.807) is 7.11 Å². The van der Waals surface area contributed by atoms with Crippen LogP contribution in [0.5, 0.6) is 5.75 Å². The van der Waals surface area contributed by atoms with Gasteiger partial charge in [0, 0.05) is 31.7 Å². The van der Waals surface area contributed by atoms with Gasteiger partial charge in [0.2, 0.25) is 0 Å². The molecule has 1 fully saturated rings. The van der Waals surface area contributed by atoms with Gasteiger partial charge in [-0.2, -0.15) is 5.10 Å². The first-order valence-electron chi connectivity index (χ1n) is 10.2. The van der Waals surface area contributed by atoms with Crippen molar-refractivity contribution in [1.29, 1.82) is 0 Å². The predicted molar refractivity (Wildman–Crippen MR) is 117 cm³/mol. The smallest absolute Gasteiger partial charge is 0.127 e. The monoisotopic (exact) mass is 383 g/mol. The molecule has 1 heterocycles. The number of piperazine rings is 1. The van der Waals surface area contributed by atoms with Gasteiger partial charge in [-0.25, -0.2) is 0 Å². The summed E-state index contributed by atoms with van der Waals surface area (Å²) in [5, 5.41) is 6.88. The van der Waals surface area contributed by atoms with Crippen molar-refractivity contribution in [2.24, 2.45) is 5.10 Å². The molecule has 2 aliphatic rings. The fraction of sp³-hybridized carbons (Fsp3) is 0.240. The maximum Gasteiger partial charge on any atom is 0.127 e. The molecule has 5 rings (SSSR count). The molecule has 1 aliphatic heterocycles. The normalized spacial score (nSPS) is 16.8. The maximum atomic E-state index is 5.42. The summed E-state index contributed by atoms with van der Waals surface area (Å²) in [7, 11) is 1.70. The largest absolute Gasteiger partial charge is 0.496 e. The predicted octanol–water partition coefficient (Wildman–Crippen LogP) is 4.42. The minimum Gasteiger partial charge on any atom is -0.496 e. The highest BCUT2D eigenvalue weighted by Crippen LogP contribution is 2.46. The minimum atomic E-state index is 0.350. The summed E-state index contributed by atoms with van der Waals surface area (Å²) in [4.78, 5) is 2.60. The van der Waals surface area contributed by atoms with Gasteiger partial charge in [0.15, 0.2) is 0 Å². The van der Waals surface area contributed by atoms with Crippen LogP contribution in [0.1, 0.15) is 22.7 Å². The van der Waals surface area contributed by atoms with Crippen LogP contribution in [0, 0.1) is 0 Å². The lowest BCUT2D eigenvalue weighted by Crippen LogP contribution is -2.45. The molecule has 146 valence electrons. The molecule has 0 unspecified atom stereocenters. The van der Waals surface area contributed by atoms with E-state index in [4.69, 9.17) is 9.84 Å². The van der Waals surface area contributed by atoms with Crippen LogP contribution in [0.2, 0.25) is 0 Å². The van der Waals surface area contributed by atoms with Gasteiger partial charge in [-0.05, 0) is 34.4 Å². The molecular weight excluding hydrogens is 358 g/mol. The summed E-state index contributed by atoms with van der Waals surface area (Å²) in [6.45, 7) is 3.84. The first-order valence-corrected chi connectivity index (χ1v) is 10.2. The SMILES string of the molecule is COc1ccccc1C=NN1CCN(C2c3ccccc3-c3ccccc32)CC1. The molecule has 0 radical (unpaired) electrons. The highest BCUT2D eigenvalue weighted by Gasteiger charge is 2.33. The molecule has 0 atom stereocenters. The van der Waals surface area contributed by atoms with E-state index in [2.05, 4.69) is 58.4 Å². The molecular formula is C25H25N3O. The molecule has 0 bridgehead atoms. The molecule has 1 saturated heterocycles. The second kappa shape index (κ2) is 7.72. The molecule has 0 saturated carbocycles. The minimum absolute atomic E-state index is 0.350. The van der Waals surface area contributed by atoms with Gasteiger partial charge in [0.25, 0.3) is 0 Å². The first kappa shape index (κ1) is 18.0. The second-order valence-corrected chi connectivity index (χ2v) is 7.55. The Hall–Kier alpha value is -3.11. The Kier molecular flexibility index (Phi) is 4.78. The molecule has 1 aliphatic carbocycles. The lowest BCUT2D eigenvalue weighted by molar-refractivity contribution is 0.114. The van der Waals surface area contributed by atoms with E-state index in [1.807, 2.05) is 30.5 Å². The van der Waals surface area contributed by atoms with Crippen molar-refractivity contribution in [3.63, 3.8) is 0 Å². The zero-order chi connectivity index (χ0) is 19.6. The van der Waals surface area contributed by atoms with Gasteiger partial charge in [-0.3, -0.25) is 9.91 Å². The lowest BCUT2D eigenvalue weighted by atomic mass is 10.0. The van der Waals surface area contributed by atoms with Crippen LogP contribution in [-0.2, 0) is 0 Å². The van der Waals surface area contributed by atoms with Crippen molar-refractivity contribution in [3.8, 4) is 16.9 Å². The fourth-order valence-corrected chi connectivity index (χ4v) is 4.52. The number of hydrazone groups is 1. The third-order valence-corrected chi connectivity index (χ3v) is 5.96. The number of benzene rings is 3. The third-order valence-electron chi connectivity index (χ3n) is 5.96. The second-order valence-electron chi connectivity index (χ2n) is 7.55. The molecule has 0 spiro atoms. The number of rotatable bonds is 4. The van der Waals surface area contributed by atoms with Crippen molar-refractivity contribution >= 4 is 6.21 Å². The summed E-state index contributed by atoms with van der Waals surface area (Å²) in [5.74, 6) is 0.856. The van der Waals surface area contributed by atoms with Gasteiger partial charge in [-0.15, -0.1) is 0 Å². The maximum absolute atomic E-state index is 5.42. The first-order chi connectivity index (χ1) is 14.3. The van der Waals surface area contributed by atoms with Gasteiger partial charge in [0.05, 0.1) is 19.4 Å². The van der Waals surface area contributed by atoms with Gasteiger partial charge >= 0.3 is 0 Å². The number of hydrogen-bond acceptors (Lipinski definition) is 4. The molecule has 4 heteroatoms. The van der Waals surface area contributed by atoms with Crippen molar-refractivity contribution in [2.45, 2.75) is 6.04 Å². The molecule has 3 aromatic rings. The zero-order valence-electron chi connectivity index (χ0n) is 16.7. The van der Waals surface area contributed by atoms with Gasteiger partial charge in [-0.1, -0.05) is 60.7 Å². The van der Waals surface area contributed by atoms with Gasteiger partial charge in [0.1, 0.15) is 5.75 Å². The van der Waals surface area contributed by atoms with Crippen molar-refractivity contribution in [1.82, 2.24) is 9.91 Å². The quantitative estimate of drug-likeness (QED) is 0.625. The average Bonchev–Trinajstić information content (AvgIpc) is 3.13. The van der Waals surface area contributed by atoms with E-state index in [0.29, 0.717) is 6.04 Å². The van der Waals surface area contributed by atoms with Crippen LogP contribution in [-0.4, -0.2) is 49.4 Å². The fourth-order valence-electron chi connectivity index (χ4n) is 4.52. The van der Waals surface area contributed by atoms with E-state index in [0.717, 1.165) is 37.5 Å². The Labute approximate surface area is 172 Å². The average molecular weight is 383 g/mol. The highest BCUT2D eigenvalue weighted by atomic mass is 16.5. The zero-order valence-corrected chi connectivity index (χ0v) is 16.7. The molecule has 0 aromatic heterocycles. The number of methoxy groups -OCH3 is 1. The van der Waals surface area contributed by atoms with E-state index in [1.165, 1.54) is 22.3 Å². The van der Waals surface area contributed by atoms with Crippen LogP contribution in [0.15, 0.2) is 77.9 Å². The molecule has 4 nitrogen and oxygen atoms in total. The van der Waals surface area contributed by atoms with E-state index in [-0.39, 0.29) is 0 Å². The topological polar surface area (TPSA) is 28.1 Å². The molecule has 0 amide bonds. The Balaban J connectivity index is 1.32. The summed E-state index contributed by atoms with van der Waals surface area (Å²) in [6.07, 6.45) is 1.91. The molecule has 3 aromatic carbocycles. The van der Waals surface area contributed by atoms with Crippen LogP contribution in [0.3, 0.4) is 0 Å². The van der Waals surface area contributed by atoms with Crippen LogP contribution >= 0.6 is 0 Å². The Morgan fingerprint density at radius 3 is 2.03 bits per heavy atom. The summed E-state index contributed by atoms with van der Waals surface area (Å²) >= 11 is 0. The summed E-state index contributed by atoms with van der Waals surface area (Å²) in [6, 6.07) is 26.0. The van der Waals surface area contributed by atoms with Crippen LogP contribution in [0.25, 0.3) is 11.1 Å². The lowest BCUT2D eigenvalue weighted by Gasteiger charge is -2.37. The number of hydrogen-bond donors (Lipinski definition) is 0. The van der Waals surface area contributed by atoms with Crippen molar-refractivity contribution in [3.05, 3.63) is 89.5 Å². The Morgan fingerprint density at radius 1 is 0.793 bits per heavy atom. The number of nitrogens with zero attached hydrogens (tertiary/aromatic N) is 3. The summed E-state index contributed by atoms with van der Waals surface area (Å²) < 4.78 is 5.42. The Bertz CT molecular complexity index is 992. The van der Waals surface area contributed by atoms with Gasteiger partial charge < -0.3 is 4.74 Å². The van der Waals surface area contributed by atoms with Crippen LogP contribution < -0.4 is 4.74 Å². The van der Waals surface area contributed by atoms with Crippen LogP contribution in [0.4, 0.5) is 0 Å². The molecule has 29 heavy (non-hydrogen) atoms. The van der Waals surface area contributed by atoms with E-state index in [9.17, 15) is 0 Å². The number of fused-ring (bicyclic) bond motifs is 3. The highest BCUT2D eigenvalue weighted by molar-refractivity contribution is 5.83.